The van der Waals surface area contributed by atoms with Crippen molar-refractivity contribution in [1.29, 1.82) is 0 Å². The smallest absolute Gasteiger partial charge is 0.240 e. The molecule has 0 radical (unpaired) electrons. The fourth-order valence-electron chi connectivity index (χ4n) is 1.93. The Kier molecular flexibility index (Phi) is 4.83. The van der Waals surface area contributed by atoms with E-state index in [1.807, 2.05) is 19.9 Å². The standard InChI is InChI=1S/C15H19NO3S2/c1-10-7-14(20-12(10)3)9-16-21(18,19)15-6-4-5-13(8-15)11(2)17/h4-8,11,16-17H,9H2,1-3H3. The van der Waals surface area contributed by atoms with Gasteiger partial charge in [-0.15, -0.1) is 11.3 Å². The van der Waals surface area contributed by atoms with E-state index in [1.165, 1.54) is 22.6 Å². The SMILES string of the molecule is Cc1cc(CNS(=O)(=O)c2cccc(C(C)O)c2)sc1C. The van der Waals surface area contributed by atoms with E-state index in [-0.39, 0.29) is 11.4 Å². The summed E-state index contributed by atoms with van der Waals surface area (Å²) in [7, 11) is -3.57. The summed E-state index contributed by atoms with van der Waals surface area (Å²) >= 11 is 1.59. The van der Waals surface area contributed by atoms with Gasteiger partial charge in [0.15, 0.2) is 0 Å². The first-order valence-electron chi connectivity index (χ1n) is 6.63. The van der Waals surface area contributed by atoms with Crippen molar-refractivity contribution >= 4 is 21.4 Å². The van der Waals surface area contributed by atoms with E-state index >= 15 is 0 Å². The molecule has 2 rings (SSSR count). The van der Waals surface area contributed by atoms with Crippen LogP contribution in [0.15, 0.2) is 35.2 Å². The van der Waals surface area contributed by atoms with Gasteiger partial charge in [0, 0.05) is 16.3 Å². The van der Waals surface area contributed by atoms with Gasteiger partial charge in [-0.25, -0.2) is 13.1 Å². The highest BCUT2D eigenvalue weighted by Crippen LogP contribution is 2.21. The van der Waals surface area contributed by atoms with Gasteiger partial charge < -0.3 is 5.11 Å². The van der Waals surface area contributed by atoms with Crippen LogP contribution in [0.4, 0.5) is 0 Å². The maximum absolute atomic E-state index is 12.3. The molecule has 1 aromatic carbocycles. The second-order valence-electron chi connectivity index (χ2n) is 5.02. The van der Waals surface area contributed by atoms with Gasteiger partial charge in [0.05, 0.1) is 11.0 Å². The molecule has 114 valence electrons. The summed E-state index contributed by atoms with van der Waals surface area (Å²) < 4.78 is 27.2. The Hall–Kier alpha value is -1.21. The first-order valence-corrected chi connectivity index (χ1v) is 8.93. The lowest BCUT2D eigenvalue weighted by molar-refractivity contribution is 0.199. The fourth-order valence-corrected chi connectivity index (χ4v) is 4.07. The number of thiophene rings is 1. The number of sulfonamides is 1. The molecule has 1 atom stereocenters. The number of hydrogen-bond donors (Lipinski definition) is 2. The molecule has 0 saturated heterocycles. The van der Waals surface area contributed by atoms with Gasteiger partial charge in [-0.2, -0.15) is 0 Å². The predicted molar refractivity (Wildman–Crippen MR) is 84.9 cm³/mol. The molecule has 0 amide bonds. The van der Waals surface area contributed by atoms with Gasteiger partial charge >= 0.3 is 0 Å². The normalized spacial score (nSPS) is 13.3. The zero-order chi connectivity index (χ0) is 15.6. The molecule has 0 spiro atoms. The minimum atomic E-state index is -3.57. The highest BCUT2D eigenvalue weighted by Gasteiger charge is 2.15. The molecule has 0 aliphatic rings. The van der Waals surface area contributed by atoms with E-state index in [2.05, 4.69) is 4.72 Å². The minimum absolute atomic E-state index is 0.172. The van der Waals surface area contributed by atoms with Gasteiger partial charge in [-0.3, -0.25) is 0 Å². The average molecular weight is 325 g/mol. The Morgan fingerprint density at radius 2 is 2.00 bits per heavy atom. The van der Waals surface area contributed by atoms with Crippen LogP contribution in [0.2, 0.25) is 0 Å². The summed E-state index contributed by atoms with van der Waals surface area (Å²) in [4.78, 5) is 2.35. The summed E-state index contributed by atoms with van der Waals surface area (Å²) in [5.74, 6) is 0. The van der Waals surface area contributed by atoms with Gasteiger partial charge in [0.1, 0.15) is 0 Å². The number of hydrogen-bond acceptors (Lipinski definition) is 4. The summed E-state index contributed by atoms with van der Waals surface area (Å²) in [5, 5.41) is 9.54. The first kappa shape index (κ1) is 16.2. The molecule has 0 saturated carbocycles. The molecule has 1 unspecified atom stereocenters. The molecule has 4 nitrogen and oxygen atoms in total. The molecule has 1 heterocycles. The molecule has 1 aromatic heterocycles. The second-order valence-corrected chi connectivity index (χ2v) is 8.13. The maximum Gasteiger partial charge on any atom is 0.240 e. The van der Waals surface area contributed by atoms with Crippen LogP contribution in [0.1, 0.15) is 33.9 Å². The van der Waals surface area contributed by atoms with Crippen LogP contribution in [-0.2, 0) is 16.6 Å². The van der Waals surface area contributed by atoms with E-state index in [0.717, 1.165) is 4.88 Å². The van der Waals surface area contributed by atoms with Crippen LogP contribution in [0.5, 0.6) is 0 Å². The zero-order valence-corrected chi connectivity index (χ0v) is 13.9. The molecular formula is C15H19NO3S2. The number of aliphatic hydroxyl groups is 1. The number of nitrogens with one attached hydrogen (secondary N) is 1. The molecule has 6 heteroatoms. The number of rotatable bonds is 5. The van der Waals surface area contributed by atoms with Crippen molar-refractivity contribution in [2.75, 3.05) is 0 Å². The van der Waals surface area contributed by atoms with Crippen molar-refractivity contribution in [3.8, 4) is 0 Å². The highest BCUT2D eigenvalue weighted by atomic mass is 32.2. The van der Waals surface area contributed by atoms with E-state index < -0.39 is 16.1 Å². The van der Waals surface area contributed by atoms with Crippen LogP contribution in [0, 0.1) is 13.8 Å². The van der Waals surface area contributed by atoms with Crippen molar-refractivity contribution in [1.82, 2.24) is 4.72 Å². The summed E-state index contributed by atoms with van der Waals surface area (Å²) in [6.07, 6.45) is -0.692. The number of benzene rings is 1. The lowest BCUT2D eigenvalue weighted by Crippen LogP contribution is -2.23. The van der Waals surface area contributed by atoms with Gasteiger partial charge in [-0.05, 0) is 50.1 Å². The fraction of sp³-hybridized carbons (Fsp3) is 0.333. The Labute approximate surface area is 129 Å². The maximum atomic E-state index is 12.3. The number of aryl methyl sites for hydroxylation is 2. The third-order valence-corrected chi connectivity index (χ3v) is 5.86. The van der Waals surface area contributed by atoms with Crippen LogP contribution >= 0.6 is 11.3 Å². The van der Waals surface area contributed by atoms with Crippen LogP contribution in [-0.4, -0.2) is 13.5 Å². The highest BCUT2D eigenvalue weighted by molar-refractivity contribution is 7.89. The topological polar surface area (TPSA) is 66.4 Å². The summed E-state index contributed by atoms with van der Waals surface area (Å²) in [5.41, 5.74) is 1.76. The van der Waals surface area contributed by atoms with E-state index in [9.17, 15) is 13.5 Å². The van der Waals surface area contributed by atoms with E-state index in [4.69, 9.17) is 0 Å². The van der Waals surface area contributed by atoms with E-state index in [0.29, 0.717) is 5.56 Å². The first-order chi connectivity index (χ1) is 9.79. The lowest BCUT2D eigenvalue weighted by Gasteiger charge is -2.09. The number of aliphatic hydroxyl groups excluding tert-OH is 1. The van der Waals surface area contributed by atoms with Crippen LogP contribution < -0.4 is 4.72 Å². The predicted octanol–water partition coefficient (Wildman–Crippen LogP) is 2.90. The summed E-state index contributed by atoms with van der Waals surface area (Å²) in [6.45, 7) is 5.91. The Morgan fingerprint density at radius 3 is 2.57 bits per heavy atom. The van der Waals surface area contributed by atoms with Crippen molar-refractivity contribution in [2.24, 2.45) is 0 Å². The van der Waals surface area contributed by atoms with Gasteiger partial charge in [0.25, 0.3) is 0 Å². The Morgan fingerprint density at radius 1 is 1.29 bits per heavy atom. The molecule has 0 aliphatic heterocycles. The quantitative estimate of drug-likeness (QED) is 0.888. The molecule has 2 N–H and O–H groups in total. The largest absolute Gasteiger partial charge is 0.389 e. The van der Waals surface area contributed by atoms with Crippen LogP contribution in [0.3, 0.4) is 0 Å². The minimum Gasteiger partial charge on any atom is -0.389 e. The van der Waals surface area contributed by atoms with Crippen molar-refractivity contribution in [2.45, 2.75) is 38.3 Å². The van der Waals surface area contributed by atoms with E-state index in [1.54, 1.807) is 30.4 Å². The Balaban J connectivity index is 2.16. The molecule has 0 bridgehead atoms. The van der Waals surface area contributed by atoms with Gasteiger partial charge in [-0.1, -0.05) is 12.1 Å². The zero-order valence-electron chi connectivity index (χ0n) is 12.3. The van der Waals surface area contributed by atoms with Crippen LogP contribution in [0.25, 0.3) is 0 Å². The molecular weight excluding hydrogens is 306 g/mol. The monoisotopic (exact) mass is 325 g/mol. The summed E-state index contributed by atoms with van der Waals surface area (Å²) in [6, 6.07) is 8.36. The van der Waals surface area contributed by atoms with Crippen molar-refractivity contribution in [3.05, 3.63) is 51.2 Å². The average Bonchev–Trinajstić information content (AvgIpc) is 2.76. The molecule has 0 aliphatic carbocycles. The van der Waals surface area contributed by atoms with Crippen molar-refractivity contribution in [3.63, 3.8) is 0 Å². The lowest BCUT2D eigenvalue weighted by atomic mass is 10.1. The molecule has 2 aromatic rings. The molecule has 0 fully saturated rings. The third kappa shape index (κ3) is 3.91. The van der Waals surface area contributed by atoms with Gasteiger partial charge in [0.2, 0.25) is 10.0 Å². The Bertz CT molecular complexity index is 714. The third-order valence-electron chi connectivity index (χ3n) is 3.30. The second kappa shape index (κ2) is 6.27. The van der Waals surface area contributed by atoms with Crippen molar-refractivity contribution < 1.29 is 13.5 Å². The molecule has 21 heavy (non-hydrogen) atoms.